The van der Waals surface area contributed by atoms with Crippen molar-refractivity contribution in [1.82, 2.24) is 10.3 Å². The number of allylic oxidation sites excluding steroid dienone is 1. The molecule has 2 aliphatic rings. The minimum absolute atomic E-state index is 0.0522. The molecule has 3 rings (SSSR count). The van der Waals surface area contributed by atoms with Gasteiger partial charge in [-0.3, -0.25) is 0 Å². The molecule has 0 bridgehead atoms. The minimum Gasteiger partial charge on any atom is -0.390 e. The van der Waals surface area contributed by atoms with Crippen LogP contribution in [0.1, 0.15) is 97.6 Å². The number of carbonyl (C=O) groups is 1. The van der Waals surface area contributed by atoms with Crippen LogP contribution in [0, 0.1) is 11.3 Å². The SMILES string of the molecule is C=CNCCN(CCCOC(C)(C)C)c1cccc(C(=C)C(C=O)CCCC2(C)CCCCC23CCCO3)n1. The molecule has 1 aromatic heterocycles. The summed E-state index contributed by atoms with van der Waals surface area (Å²) in [7, 11) is 0. The normalized spacial score (nSPS) is 23.9. The number of nitrogens with zero attached hydrogens (tertiary/aromatic N) is 2. The molecule has 3 atom stereocenters. The summed E-state index contributed by atoms with van der Waals surface area (Å²) in [5, 5.41) is 3.19. The standard InChI is InChI=1S/C33H53N3O3/c1-7-34-21-23-36(22-13-25-38-31(3,4)5)30-16-10-15-29(35-30)27(2)28(26-37)14-11-18-32(6)17-8-9-19-33(32)20-12-24-39-33/h7,10,15-16,26,28,34H,1-2,8-9,11-14,17-25H2,3-6H3. The maximum atomic E-state index is 12.2. The average molecular weight is 540 g/mol. The van der Waals surface area contributed by atoms with Crippen molar-refractivity contribution in [2.24, 2.45) is 11.3 Å². The quantitative estimate of drug-likeness (QED) is 0.181. The number of anilines is 1. The Morgan fingerprint density at radius 3 is 2.67 bits per heavy atom. The lowest BCUT2D eigenvalue weighted by Gasteiger charge is -2.49. The van der Waals surface area contributed by atoms with Crippen LogP contribution in [0.25, 0.3) is 5.57 Å². The summed E-state index contributed by atoms with van der Waals surface area (Å²) < 4.78 is 12.3. The van der Waals surface area contributed by atoms with E-state index in [9.17, 15) is 4.79 Å². The van der Waals surface area contributed by atoms with Gasteiger partial charge in [0, 0.05) is 38.8 Å². The number of carbonyl (C=O) groups excluding carboxylic acids is 1. The van der Waals surface area contributed by atoms with Crippen molar-refractivity contribution < 1.29 is 14.3 Å². The fourth-order valence-corrected chi connectivity index (χ4v) is 6.46. The number of nitrogens with one attached hydrogen (secondary N) is 1. The highest BCUT2D eigenvalue weighted by atomic mass is 16.5. The van der Waals surface area contributed by atoms with Crippen molar-refractivity contribution in [2.75, 3.05) is 37.7 Å². The third-order valence-electron chi connectivity index (χ3n) is 8.78. The fraction of sp³-hybridized carbons (Fsp3) is 0.697. The van der Waals surface area contributed by atoms with Crippen molar-refractivity contribution in [3.63, 3.8) is 0 Å². The molecule has 39 heavy (non-hydrogen) atoms. The van der Waals surface area contributed by atoms with Crippen LogP contribution in [0.2, 0.25) is 0 Å². The highest BCUT2D eigenvalue weighted by Crippen LogP contribution is 2.54. The summed E-state index contributed by atoms with van der Waals surface area (Å²) in [4.78, 5) is 19.5. The number of pyridine rings is 1. The summed E-state index contributed by atoms with van der Waals surface area (Å²) in [5.74, 6) is 0.673. The molecule has 1 saturated heterocycles. The zero-order valence-corrected chi connectivity index (χ0v) is 25.1. The predicted octanol–water partition coefficient (Wildman–Crippen LogP) is 6.95. The number of hydrogen-bond donors (Lipinski definition) is 1. The summed E-state index contributed by atoms with van der Waals surface area (Å²) in [5.41, 5.74) is 1.72. The largest absolute Gasteiger partial charge is 0.390 e. The molecule has 1 aliphatic heterocycles. The Labute approximate surface area is 237 Å². The maximum Gasteiger partial charge on any atom is 0.129 e. The Hall–Kier alpha value is -2.18. The number of rotatable bonds is 16. The van der Waals surface area contributed by atoms with Crippen LogP contribution in [0.5, 0.6) is 0 Å². The zero-order valence-electron chi connectivity index (χ0n) is 25.1. The van der Waals surface area contributed by atoms with E-state index in [0.717, 1.165) is 75.3 Å². The van der Waals surface area contributed by atoms with E-state index < -0.39 is 0 Å². The average Bonchev–Trinajstić information content (AvgIpc) is 3.39. The van der Waals surface area contributed by atoms with Gasteiger partial charge in [0.25, 0.3) is 0 Å². The molecule has 2 fully saturated rings. The first-order chi connectivity index (χ1) is 18.6. The van der Waals surface area contributed by atoms with Gasteiger partial charge in [-0.05, 0) is 95.0 Å². The van der Waals surface area contributed by atoms with Crippen molar-refractivity contribution in [3.05, 3.63) is 43.3 Å². The number of ether oxygens (including phenoxy) is 2. The Bertz CT molecular complexity index is 934. The van der Waals surface area contributed by atoms with Crippen molar-refractivity contribution in [1.29, 1.82) is 0 Å². The zero-order chi connectivity index (χ0) is 28.4. The Morgan fingerprint density at radius 1 is 1.21 bits per heavy atom. The lowest BCUT2D eigenvalue weighted by atomic mass is 9.61. The molecule has 6 heteroatoms. The van der Waals surface area contributed by atoms with E-state index in [1.54, 1.807) is 6.20 Å². The van der Waals surface area contributed by atoms with Crippen molar-refractivity contribution in [3.8, 4) is 0 Å². The van der Waals surface area contributed by atoms with Crippen molar-refractivity contribution in [2.45, 2.75) is 103 Å². The van der Waals surface area contributed by atoms with E-state index in [4.69, 9.17) is 14.5 Å². The van der Waals surface area contributed by atoms with E-state index in [0.29, 0.717) is 6.61 Å². The van der Waals surface area contributed by atoms with Crippen LogP contribution in [0.3, 0.4) is 0 Å². The molecule has 1 spiro atoms. The number of aromatic nitrogens is 1. The summed E-state index contributed by atoms with van der Waals surface area (Å²) in [6.45, 7) is 20.8. The second-order valence-corrected chi connectivity index (χ2v) is 12.7. The van der Waals surface area contributed by atoms with E-state index in [2.05, 4.69) is 51.1 Å². The Kier molecular flexibility index (Phi) is 11.6. The summed E-state index contributed by atoms with van der Waals surface area (Å²) >= 11 is 0. The molecule has 2 heterocycles. The van der Waals surface area contributed by atoms with Crippen LogP contribution in [-0.4, -0.2) is 55.3 Å². The first kappa shape index (κ1) is 31.3. The van der Waals surface area contributed by atoms with Crippen LogP contribution in [0.4, 0.5) is 5.82 Å². The monoisotopic (exact) mass is 539 g/mol. The second-order valence-electron chi connectivity index (χ2n) is 12.7. The molecule has 0 amide bonds. The van der Waals surface area contributed by atoms with Gasteiger partial charge < -0.3 is 24.5 Å². The number of hydrogen-bond acceptors (Lipinski definition) is 6. The van der Waals surface area contributed by atoms with Crippen LogP contribution < -0.4 is 10.2 Å². The topological polar surface area (TPSA) is 63.7 Å². The Balaban J connectivity index is 1.62. The Morgan fingerprint density at radius 2 is 1.97 bits per heavy atom. The van der Waals surface area contributed by atoms with Gasteiger partial charge in [-0.25, -0.2) is 4.98 Å². The molecule has 6 nitrogen and oxygen atoms in total. The third-order valence-corrected chi connectivity index (χ3v) is 8.78. The van der Waals surface area contributed by atoms with Gasteiger partial charge in [-0.15, -0.1) is 0 Å². The molecule has 0 aromatic carbocycles. The number of aldehydes is 1. The minimum atomic E-state index is -0.226. The molecule has 1 N–H and O–H groups in total. The summed E-state index contributed by atoms with van der Waals surface area (Å²) in [6.07, 6.45) is 13.9. The van der Waals surface area contributed by atoms with Gasteiger partial charge in [0.2, 0.25) is 0 Å². The first-order valence-corrected chi connectivity index (χ1v) is 15.1. The molecule has 218 valence electrons. The maximum absolute atomic E-state index is 12.2. The molecule has 1 saturated carbocycles. The lowest BCUT2D eigenvalue weighted by molar-refractivity contribution is -0.124. The van der Waals surface area contributed by atoms with Crippen LogP contribution in [0.15, 0.2) is 37.6 Å². The second kappa shape index (κ2) is 14.5. The molecule has 0 radical (unpaired) electrons. The molecule has 3 unspecified atom stereocenters. The smallest absolute Gasteiger partial charge is 0.129 e. The van der Waals surface area contributed by atoms with Crippen LogP contribution >= 0.6 is 0 Å². The molecule has 1 aliphatic carbocycles. The summed E-state index contributed by atoms with van der Waals surface area (Å²) in [6, 6.07) is 6.04. The van der Waals surface area contributed by atoms with Crippen LogP contribution in [-0.2, 0) is 14.3 Å². The predicted molar refractivity (Wildman–Crippen MR) is 162 cm³/mol. The molecular weight excluding hydrogens is 486 g/mol. The van der Waals surface area contributed by atoms with Gasteiger partial charge in [0.05, 0.1) is 16.9 Å². The van der Waals surface area contributed by atoms with E-state index in [1.807, 2.05) is 18.2 Å². The van der Waals surface area contributed by atoms with Gasteiger partial charge in [0.1, 0.15) is 12.1 Å². The van der Waals surface area contributed by atoms with E-state index in [1.165, 1.54) is 38.5 Å². The van der Waals surface area contributed by atoms with Crippen molar-refractivity contribution >= 4 is 17.7 Å². The lowest BCUT2D eigenvalue weighted by Crippen LogP contribution is -2.48. The van der Waals surface area contributed by atoms with E-state index in [-0.39, 0.29) is 22.5 Å². The third kappa shape index (κ3) is 8.65. The highest BCUT2D eigenvalue weighted by Gasteiger charge is 2.51. The van der Waals surface area contributed by atoms with E-state index >= 15 is 0 Å². The van der Waals surface area contributed by atoms with Gasteiger partial charge >= 0.3 is 0 Å². The fourth-order valence-electron chi connectivity index (χ4n) is 6.46. The molecule has 1 aromatic rings. The highest BCUT2D eigenvalue weighted by molar-refractivity contribution is 5.78. The first-order valence-electron chi connectivity index (χ1n) is 15.1. The van der Waals surface area contributed by atoms with Gasteiger partial charge in [-0.2, -0.15) is 0 Å². The van der Waals surface area contributed by atoms with Gasteiger partial charge in [-0.1, -0.05) is 45.4 Å². The molecular formula is C33H53N3O3. The van der Waals surface area contributed by atoms with Gasteiger partial charge in [0.15, 0.2) is 0 Å².